The summed E-state index contributed by atoms with van der Waals surface area (Å²) in [5.41, 5.74) is 3.10. The Labute approximate surface area is 164 Å². The third-order valence-electron chi connectivity index (χ3n) is 4.08. The second-order valence-corrected chi connectivity index (χ2v) is 8.13. The number of amides is 3. The van der Waals surface area contributed by atoms with E-state index in [1.54, 1.807) is 35.6 Å². The topological polar surface area (TPSA) is 83.1 Å². The van der Waals surface area contributed by atoms with Crippen LogP contribution in [0.25, 0.3) is 10.6 Å². The fraction of sp³-hybridized carbons (Fsp3) is 0.211. The quantitative estimate of drug-likeness (QED) is 0.582. The Hall–Kier alpha value is -2.71. The van der Waals surface area contributed by atoms with E-state index in [-0.39, 0.29) is 11.9 Å². The number of anilines is 2. The molecule has 2 aromatic heterocycles. The molecule has 1 saturated carbocycles. The molecular formula is C19H18N4O2S2. The number of rotatable bonds is 5. The summed E-state index contributed by atoms with van der Waals surface area (Å²) in [6, 6.07) is 9.16. The molecule has 3 amide bonds. The number of aromatic nitrogens is 1. The van der Waals surface area contributed by atoms with Gasteiger partial charge in [-0.1, -0.05) is 0 Å². The van der Waals surface area contributed by atoms with Gasteiger partial charge in [0.25, 0.3) is 5.91 Å². The molecule has 0 spiro atoms. The van der Waals surface area contributed by atoms with Crippen LogP contribution in [0.15, 0.2) is 41.1 Å². The molecule has 0 bridgehead atoms. The molecular weight excluding hydrogens is 380 g/mol. The van der Waals surface area contributed by atoms with Crippen molar-refractivity contribution in [1.82, 2.24) is 10.3 Å². The van der Waals surface area contributed by atoms with Gasteiger partial charge in [-0.15, -0.1) is 11.3 Å². The van der Waals surface area contributed by atoms with Crippen molar-refractivity contribution in [2.45, 2.75) is 25.8 Å². The Morgan fingerprint density at radius 1 is 1.07 bits per heavy atom. The minimum Gasteiger partial charge on any atom is -0.335 e. The number of urea groups is 1. The SMILES string of the molecule is Cc1nc(-c2ccsc2)sc1C(=O)Nc1ccc(NC(=O)NC2CC2)cc1. The standard InChI is InChI=1S/C19H18N4O2S2/c1-11-16(27-18(20-11)12-8-9-26-10-12)17(24)21-13-2-4-14(5-3-13)22-19(25)23-15-6-7-15/h2-5,8-10,15H,6-7H2,1H3,(H,21,24)(H2,22,23,25). The van der Waals surface area contributed by atoms with Gasteiger partial charge in [-0.2, -0.15) is 11.3 Å². The molecule has 0 radical (unpaired) electrons. The lowest BCUT2D eigenvalue weighted by Crippen LogP contribution is -2.30. The Morgan fingerprint density at radius 2 is 1.78 bits per heavy atom. The Bertz CT molecular complexity index is 960. The maximum atomic E-state index is 12.6. The van der Waals surface area contributed by atoms with Crippen LogP contribution in [-0.2, 0) is 0 Å². The predicted molar refractivity (Wildman–Crippen MR) is 110 cm³/mol. The fourth-order valence-corrected chi connectivity index (χ4v) is 4.19. The van der Waals surface area contributed by atoms with Crippen molar-refractivity contribution in [2.24, 2.45) is 0 Å². The van der Waals surface area contributed by atoms with Gasteiger partial charge < -0.3 is 16.0 Å². The highest BCUT2D eigenvalue weighted by atomic mass is 32.1. The number of hydrogen-bond donors (Lipinski definition) is 3. The van der Waals surface area contributed by atoms with Gasteiger partial charge in [-0.3, -0.25) is 4.79 Å². The largest absolute Gasteiger partial charge is 0.335 e. The summed E-state index contributed by atoms with van der Waals surface area (Å²) in [6.07, 6.45) is 2.09. The van der Waals surface area contributed by atoms with Crippen molar-refractivity contribution in [1.29, 1.82) is 0 Å². The molecule has 27 heavy (non-hydrogen) atoms. The third kappa shape index (κ3) is 4.35. The number of carbonyl (C=O) groups excluding carboxylic acids is 2. The highest BCUT2D eigenvalue weighted by Crippen LogP contribution is 2.30. The molecule has 6 nitrogen and oxygen atoms in total. The fourth-order valence-electron chi connectivity index (χ4n) is 2.52. The molecule has 3 aromatic rings. The van der Waals surface area contributed by atoms with Crippen LogP contribution in [-0.4, -0.2) is 23.0 Å². The molecule has 0 saturated heterocycles. The van der Waals surface area contributed by atoms with E-state index in [0.717, 1.165) is 23.4 Å². The van der Waals surface area contributed by atoms with Gasteiger partial charge in [-0.05, 0) is 55.5 Å². The van der Waals surface area contributed by atoms with Crippen molar-refractivity contribution in [2.75, 3.05) is 10.6 Å². The summed E-state index contributed by atoms with van der Waals surface area (Å²) in [4.78, 5) is 29.4. The Morgan fingerprint density at radius 3 is 2.41 bits per heavy atom. The van der Waals surface area contributed by atoms with Crippen molar-refractivity contribution >= 4 is 46.0 Å². The van der Waals surface area contributed by atoms with Gasteiger partial charge in [0.15, 0.2) is 0 Å². The van der Waals surface area contributed by atoms with Gasteiger partial charge in [0.1, 0.15) is 9.88 Å². The van der Waals surface area contributed by atoms with Crippen LogP contribution in [0.1, 0.15) is 28.2 Å². The van der Waals surface area contributed by atoms with Gasteiger partial charge in [0.05, 0.1) is 5.69 Å². The average molecular weight is 399 g/mol. The molecule has 2 heterocycles. The highest BCUT2D eigenvalue weighted by molar-refractivity contribution is 7.17. The van der Waals surface area contributed by atoms with Crippen LogP contribution < -0.4 is 16.0 Å². The first-order valence-corrected chi connectivity index (χ1v) is 10.3. The first-order valence-electron chi connectivity index (χ1n) is 8.57. The number of hydrogen-bond acceptors (Lipinski definition) is 5. The van der Waals surface area contributed by atoms with Crippen LogP contribution >= 0.6 is 22.7 Å². The molecule has 8 heteroatoms. The van der Waals surface area contributed by atoms with Crippen molar-refractivity contribution in [3.05, 3.63) is 51.7 Å². The zero-order valence-electron chi connectivity index (χ0n) is 14.6. The number of carbonyl (C=O) groups is 2. The van der Waals surface area contributed by atoms with Crippen LogP contribution in [0, 0.1) is 6.92 Å². The van der Waals surface area contributed by atoms with Crippen LogP contribution in [0.5, 0.6) is 0 Å². The lowest BCUT2D eigenvalue weighted by atomic mass is 10.2. The summed E-state index contributed by atoms with van der Waals surface area (Å²) >= 11 is 2.99. The van der Waals surface area contributed by atoms with E-state index in [2.05, 4.69) is 20.9 Å². The molecule has 1 aromatic carbocycles. The molecule has 3 N–H and O–H groups in total. The van der Waals surface area contributed by atoms with Crippen LogP contribution in [0.3, 0.4) is 0 Å². The number of thiazole rings is 1. The number of benzene rings is 1. The number of thiophene rings is 1. The first kappa shape index (κ1) is 17.7. The van der Waals surface area contributed by atoms with Crippen LogP contribution in [0.2, 0.25) is 0 Å². The van der Waals surface area contributed by atoms with Gasteiger partial charge >= 0.3 is 6.03 Å². The molecule has 4 rings (SSSR count). The lowest BCUT2D eigenvalue weighted by Gasteiger charge is -2.08. The zero-order chi connectivity index (χ0) is 18.8. The summed E-state index contributed by atoms with van der Waals surface area (Å²) in [7, 11) is 0. The number of nitrogens with zero attached hydrogens (tertiary/aromatic N) is 1. The van der Waals surface area contributed by atoms with Gasteiger partial charge in [0, 0.05) is 28.4 Å². The monoisotopic (exact) mass is 398 g/mol. The van der Waals surface area contributed by atoms with Gasteiger partial charge in [0.2, 0.25) is 0 Å². The number of nitrogens with one attached hydrogen (secondary N) is 3. The molecule has 0 aliphatic heterocycles. The summed E-state index contributed by atoms with van der Waals surface area (Å²) in [5, 5.41) is 13.4. The molecule has 0 atom stereocenters. The first-order chi connectivity index (χ1) is 13.1. The number of aryl methyl sites for hydroxylation is 1. The summed E-state index contributed by atoms with van der Waals surface area (Å²) in [5.74, 6) is -0.182. The normalized spacial score (nSPS) is 13.2. The van der Waals surface area contributed by atoms with E-state index in [1.807, 2.05) is 23.8 Å². The highest BCUT2D eigenvalue weighted by Gasteiger charge is 2.23. The van der Waals surface area contributed by atoms with E-state index in [9.17, 15) is 9.59 Å². The minimum atomic E-state index is -0.199. The molecule has 1 fully saturated rings. The summed E-state index contributed by atoms with van der Waals surface area (Å²) in [6.45, 7) is 1.84. The molecule has 1 aliphatic rings. The third-order valence-corrected chi connectivity index (χ3v) is 5.97. The minimum absolute atomic E-state index is 0.182. The van der Waals surface area contributed by atoms with E-state index in [0.29, 0.717) is 28.0 Å². The Balaban J connectivity index is 1.40. The second-order valence-electron chi connectivity index (χ2n) is 6.35. The smallest absolute Gasteiger partial charge is 0.319 e. The van der Waals surface area contributed by atoms with Crippen molar-refractivity contribution in [3.63, 3.8) is 0 Å². The van der Waals surface area contributed by atoms with E-state index in [4.69, 9.17) is 0 Å². The van der Waals surface area contributed by atoms with Crippen molar-refractivity contribution in [3.8, 4) is 10.6 Å². The van der Waals surface area contributed by atoms with E-state index in [1.165, 1.54) is 11.3 Å². The van der Waals surface area contributed by atoms with Gasteiger partial charge in [-0.25, -0.2) is 9.78 Å². The Kier molecular flexibility index (Phi) is 4.91. The average Bonchev–Trinajstić information content (AvgIpc) is 3.13. The molecule has 138 valence electrons. The van der Waals surface area contributed by atoms with E-state index >= 15 is 0 Å². The van der Waals surface area contributed by atoms with Crippen LogP contribution in [0.4, 0.5) is 16.2 Å². The lowest BCUT2D eigenvalue weighted by molar-refractivity contribution is 0.103. The molecule has 1 aliphatic carbocycles. The van der Waals surface area contributed by atoms with E-state index < -0.39 is 0 Å². The second kappa shape index (κ2) is 7.50. The summed E-state index contributed by atoms with van der Waals surface area (Å²) < 4.78 is 0. The predicted octanol–water partition coefficient (Wildman–Crippen LogP) is 4.72. The maximum Gasteiger partial charge on any atom is 0.319 e. The molecule has 0 unspecified atom stereocenters. The maximum absolute atomic E-state index is 12.6. The van der Waals surface area contributed by atoms with Crippen molar-refractivity contribution < 1.29 is 9.59 Å². The zero-order valence-corrected chi connectivity index (χ0v) is 16.2.